The second-order valence-corrected chi connectivity index (χ2v) is 2.33. The molecule has 0 aromatic heterocycles. The second kappa shape index (κ2) is 2.87. The third kappa shape index (κ3) is 3.74. The first-order valence-corrected chi connectivity index (χ1v) is 2.73. The van der Waals surface area contributed by atoms with Crippen molar-refractivity contribution < 1.29 is 26.1 Å². The van der Waals surface area contributed by atoms with E-state index < -0.39 is 15.6 Å². The van der Waals surface area contributed by atoms with Crippen molar-refractivity contribution in [1.29, 1.82) is 0 Å². The van der Waals surface area contributed by atoms with E-state index in [4.69, 9.17) is 13.0 Å². The van der Waals surface area contributed by atoms with Crippen LogP contribution in [0, 0.1) is 0 Å². The van der Waals surface area contributed by atoms with Crippen LogP contribution in [-0.4, -0.2) is 35.5 Å². The number of halogens is 3. The van der Waals surface area contributed by atoms with Gasteiger partial charge in [-0.15, -0.1) is 0 Å². The second-order valence-electron chi connectivity index (χ2n) is 0.921. The van der Waals surface area contributed by atoms with Gasteiger partial charge < -0.3 is 0 Å². The van der Waals surface area contributed by atoms with Gasteiger partial charge in [-0.25, -0.2) is 0 Å². The van der Waals surface area contributed by atoms with Crippen LogP contribution in [0.25, 0.3) is 0 Å². The Kier molecular flexibility index (Phi) is 3.81. The number of hydrogen-bond acceptors (Lipinski definition) is 2. The van der Waals surface area contributed by atoms with E-state index in [1.807, 2.05) is 0 Å². The van der Waals surface area contributed by atoms with Crippen LogP contribution in [-0.2, 0) is 10.1 Å². The summed E-state index contributed by atoms with van der Waals surface area (Å²) in [6, 6.07) is 0. The van der Waals surface area contributed by atoms with Crippen LogP contribution in [0.2, 0.25) is 0 Å². The van der Waals surface area contributed by atoms with Crippen molar-refractivity contribution in [2.75, 3.05) is 0 Å². The Morgan fingerprint density at radius 2 is 1.33 bits per heavy atom. The Labute approximate surface area is 59.5 Å². The molecular weight excluding hydrogens is 228 g/mol. The molecule has 3 nitrogen and oxygen atoms in total. The summed E-state index contributed by atoms with van der Waals surface area (Å²) in [6.45, 7) is 0. The fourth-order valence-corrected chi connectivity index (χ4v) is 0. The Morgan fingerprint density at radius 3 is 1.33 bits per heavy atom. The summed E-state index contributed by atoms with van der Waals surface area (Å²) in [5.41, 5.74) is -5.53. The fraction of sp³-hybridized carbons (Fsp3) is 1.00. The Hall–Kier alpha value is 0.219. The van der Waals surface area contributed by atoms with Gasteiger partial charge in [0.05, 0.1) is 0 Å². The van der Waals surface area contributed by atoms with E-state index in [1.54, 1.807) is 0 Å². The van der Waals surface area contributed by atoms with Crippen molar-refractivity contribution in [2.45, 2.75) is 5.51 Å². The van der Waals surface area contributed by atoms with Crippen molar-refractivity contribution in [2.24, 2.45) is 0 Å². The van der Waals surface area contributed by atoms with Gasteiger partial charge in [-0.1, -0.05) is 0 Å². The summed E-state index contributed by atoms with van der Waals surface area (Å²) in [4.78, 5) is 0. The molecule has 9 heavy (non-hydrogen) atoms. The maximum atomic E-state index is 10.7. The summed E-state index contributed by atoms with van der Waals surface area (Å²) in [7, 11) is -5.84. The first kappa shape index (κ1) is 12.0. The molecule has 0 atom stereocenters. The summed E-state index contributed by atoms with van der Waals surface area (Å²) in [5, 5.41) is 0. The summed E-state index contributed by atoms with van der Waals surface area (Å²) in [6.07, 6.45) is 0. The number of alkyl halides is 3. The van der Waals surface area contributed by atoms with Gasteiger partial charge in [0.15, 0.2) is 0 Å². The monoisotopic (exact) mass is 232 g/mol. The molecule has 0 bridgehead atoms. The molecule has 0 saturated carbocycles. The molecule has 0 spiro atoms. The molecule has 0 rings (SSSR count). The zero-order valence-corrected chi connectivity index (χ0v) is 6.72. The van der Waals surface area contributed by atoms with E-state index in [0.29, 0.717) is 0 Å². The average molecular weight is 231 g/mol. The van der Waals surface area contributed by atoms with Crippen molar-refractivity contribution in [3.8, 4) is 0 Å². The molecule has 0 aliphatic rings. The minimum atomic E-state index is -5.84. The van der Waals surface area contributed by atoms with Crippen molar-refractivity contribution >= 4 is 27.2 Å². The van der Waals surface area contributed by atoms with Gasteiger partial charge in [0, 0.05) is 0 Å². The molecule has 0 aromatic rings. The van der Waals surface area contributed by atoms with E-state index >= 15 is 0 Å². The van der Waals surface area contributed by atoms with Crippen LogP contribution >= 0.6 is 0 Å². The van der Waals surface area contributed by atoms with Gasteiger partial charge in [-0.3, -0.25) is 4.55 Å². The molecule has 0 heterocycles. The van der Waals surface area contributed by atoms with Crippen LogP contribution in [0.5, 0.6) is 0 Å². The predicted octanol–water partition coefficient (Wildman–Crippen LogP) is -0.522. The topological polar surface area (TPSA) is 54.4 Å². The quantitative estimate of drug-likeness (QED) is 0.346. The van der Waals surface area contributed by atoms with Gasteiger partial charge >= 0.3 is 32.7 Å². The molecule has 8 heteroatoms. The molecule has 0 fully saturated rings. The van der Waals surface area contributed by atoms with Gasteiger partial charge in [0.1, 0.15) is 0 Å². The van der Waals surface area contributed by atoms with Crippen LogP contribution in [0.4, 0.5) is 13.2 Å². The van der Waals surface area contributed by atoms with E-state index in [1.165, 1.54) is 0 Å². The van der Waals surface area contributed by atoms with Crippen molar-refractivity contribution in [3.63, 3.8) is 0 Å². The standard InChI is InChI=1S/CHF3O3S.H2Se/c2-1(3,4)8(5,6)7;/h(H,5,6,7);1H2. The summed E-state index contributed by atoms with van der Waals surface area (Å²) >= 11 is 0. The zero-order valence-electron chi connectivity index (χ0n) is 3.81. The maximum absolute atomic E-state index is 10.7. The van der Waals surface area contributed by atoms with Gasteiger partial charge in [-0.05, 0) is 0 Å². The summed E-state index contributed by atoms with van der Waals surface area (Å²) in [5.74, 6) is 0. The first-order chi connectivity index (χ1) is 3.25. The van der Waals surface area contributed by atoms with Crippen molar-refractivity contribution in [1.82, 2.24) is 0 Å². The predicted molar refractivity (Wildman–Crippen MR) is 26.1 cm³/mol. The molecule has 0 aromatic carbocycles. The normalized spacial score (nSPS) is 12.4. The Bertz CT molecular complexity index is 168. The van der Waals surface area contributed by atoms with Crippen LogP contribution in [0.3, 0.4) is 0 Å². The Morgan fingerprint density at radius 1 is 1.22 bits per heavy atom. The van der Waals surface area contributed by atoms with Crippen molar-refractivity contribution in [3.05, 3.63) is 0 Å². The first-order valence-electron chi connectivity index (χ1n) is 1.29. The van der Waals surface area contributed by atoms with E-state index in [0.717, 1.165) is 0 Å². The molecule has 58 valence electrons. The molecule has 0 amide bonds. The molecule has 0 saturated heterocycles. The zero-order chi connectivity index (χ0) is 7.00. The fourth-order valence-electron chi connectivity index (χ4n) is 0. The average Bonchev–Trinajstić information content (AvgIpc) is 1.25. The van der Waals surface area contributed by atoms with E-state index in [-0.39, 0.29) is 17.1 Å². The SMILES string of the molecule is O=S(=O)(O)C(F)(F)F.[SeH2]. The molecule has 1 N–H and O–H groups in total. The van der Waals surface area contributed by atoms with E-state index in [9.17, 15) is 13.2 Å². The molecule has 0 aliphatic carbocycles. The van der Waals surface area contributed by atoms with Gasteiger partial charge in [0.2, 0.25) is 0 Å². The molecular formula is CH3F3O3SSe. The number of rotatable bonds is 0. The number of hydrogen-bond donors (Lipinski definition) is 1. The van der Waals surface area contributed by atoms with Gasteiger partial charge in [-0.2, -0.15) is 21.6 Å². The van der Waals surface area contributed by atoms with E-state index in [2.05, 4.69) is 0 Å². The summed E-state index contributed by atoms with van der Waals surface area (Å²) < 4.78 is 57.5. The third-order valence-electron chi connectivity index (χ3n) is 0.292. The van der Waals surface area contributed by atoms with Crippen LogP contribution < -0.4 is 0 Å². The molecule has 0 radical (unpaired) electrons. The Balaban J connectivity index is 0. The van der Waals surface area contributed by atoms with Crippen LogP contribution in [0.1, 0.15) is 0 Å². The third-order valence-corrected chi connectivity index (χ3v) is 0.877. The van der Waals surface area contributed by atoms with Gasteiger partial charge in [0.25, 0.3) is 0 Å². The molecule has 0 aliphatic heterocycles. The molecule has 0 unspecified atom stereocenters. The minimum absolute atomic E-state index is 0. The van der Waals surface area contributed by atoms with Crippen LogP contribution in [0.15, 0.2) is 0 Å².